The Hall–Kier alpha value is -3.31. The molecule has 0 radical (unpaired) electrons. The first-order chi connectivity index (χ1) is 17.9. The molecule has 6 N–H and O–H groups in total. The monoisotopic (exact) mass is 573 g/mol. The van der Waals surface area contributed by atoms with E-state index in [9.17, 15) is 27.1 Å². The Bertz CT molecular complexity index is 1540. The lowest BCUT2D eigenvalue weighted by Crippen LogP contribution is -2.34. The Kier molecular flexibility index (Phi) is 6.55. The van der Waals surface area contributed by atoms with Gasteiger partial charge in [0.1, 0.15) is 17.7 Å². The molecule has 4 aromatic rings. The summed E-state index contributed by atoms with van der Waals surface area (Å²) in [5.41, 5.74) is 5.11. The van der Waals surface area contributed by atoms with Crippen LogP contribution in [-0.2, 0) is 6.18 Å². The molecule has 0 spiro atoms. The molecule has 1 unspecified atom stereocenters. The lowest BCUT2D eigenvalue weighted by Gasteiger charge is -2.31. The number of aromatic nitrogens is 5. The first-order valence-electron chi connectivity index (χ1n) is 11.3. The van der Waals surface area contributed by atoms with Gasteiger partial charge in [0.15, 0.2) is 17.2 Å². The number of carbonyl (C=O) groups excluding carboxylic acids is 1. The number of hydrogen-bond acceptors (Lipinski definition) is 9. The van der Waals surface area contributed by atoms with Gasteiger partial charge in [0.2, 0.25) is 0 Å². The summed E-state index contributed by atoms with van der Waals surface area (Å²) in [6.07, 6.45) is -0.682. The van der Waals surface area contributed by atoms with E-state index in [0.717, 1.165) is 6.33 Å². The second kappa shape index (κ2) is 9.46. The van der Waals surface area contributed by atoms with Crippen LogP contribution in [0.5, 0.6) is 0 Å². The average Bonchev–Trinajstić information content (AvgIpc) is 3.37. The van der Waals surface area contributed by atoms with Crippen LogP contribution in [0.1, 0.15) is 34.6 Å². The number of nitrogens with zero attached hydrogens (tertiary/aromatic N) is 6. The van der Waals surface area contributed by atoms with Crippen LogP contribution in [0.25, 0.3) is 11.2 Å². The van der Waals surface area contributed by atoms with E-state index in [1.807, 2.05) is 0 Å². The fourth-order valence-corrected chi connectivity index (χ4v) is 5.79. The summed E-state index contributed by atoms with van der Waals surface area (Å²) in [5.74, 6) is -0.442. The molecule has 5 heterocycles. The maximum atomic E-state index is 13.7. The molecule has 4 aromatic heterocycles. The first kappa shape index (κ1) is 26.3. The minimum absolute atomic E-state index is 0.0427. The molecule has 17 heteroatoms. The Morgan fingerprint density at radius 1 is 1.32 bits per heavy atom. The van der Waals surface area contributed by atoms with Crippen molar-refractivity contribution in [2.75, 3.05) is 36.0 Å². The zero-order valence-corrected chi connectivity index (χ0v) is 21.3. The molecule has 1 atom stereocenters. The summed E-state index contributed by atoms with van der Waals surface area (Å²) < 4.78 is 66.7. The van der Waals surface area contributed by atoms with Crippen molar-refractivity contribution in [2.45, 2.75) is 19.1 Å². The Morgan fingerprint density at radius 2 is 2.08 bits per heavy atom. The summed E-state index contributed by atoms with van der Waals surface area (Å²) >= 11 is 6.36. The molecule has 204 valence electrons. The molecule has 1 aliphatic rings. The van der Waals surface area contributed by atoms with E-state index in [-0.39, 0.29) is 58.8 Å². The van der Waals surface area contributed by atoms with Gasteiger partial charge in [-0.3, -0.25) is 18.3 Å². The number of carbonyl (C=O) groups is 1. The van der Waals surface area contributed by atoms with Gasteiger partial charge in [-0.1, -0.05) is 11.6 Å². The zero-order valence-electron chi connectivity index (χ0n) is 19.8. The molecule has 1 aliphatic heterocycles. The molecule has 0 aromatic carbocycles. The fraction of sp³-hybridized carbons (Fsp3) is 0.333. The molecule has 38 heavy (non-hydrogen) atoms. The molecule has 0 aliphatic carbocycles. The highest BCUT2D eigenvalue weighted by atomic mass is 35.5. The predicted octanol–water partition coefficient (Wildman–Crippen LogP) is 3.20. The Balaban J connectivity index is 1.60. The third-order valence-electron chi connectivity index (χ3n) is 6.15. The van der Waals surface area contributed by atoms with Gasteiger partial charge in [0, 0.05) is 37.6 Å². The lowest BCUT2D eigenvalue weighted by atomic mass is 10.1. The maximum Gasteiger partial charge on any atom is 0.435 e. The summed E-state index contributed by atoms with van der Waals surface area (Å²) in [6, 6.07) is 2.19. The highest BCUT2D eigenvalue weighted by Gasteiger charge is 2.38. The van der Waals surface area contributed by atoms with Crippen LogP contribution in [0.4, 0.5) is 24.8 Å². The van der Waals surface area contributed by atoms with Crippen molar-refractivity contribution in [3.05, 3.63) is 52.7 Å². The van der Waals surface area contributed by atoms with Crippen LogP contribution in [0, 0.1) is 0 Å². The molecular formula is C21H23ClF3N9O3S. The number of hydrogen-bond donors (Lipinski definition) is 5. The van der Waals surface area contributed by atoms with Crippen molar-refractivity contribution in [2.24, 2.45) is 0 Å². The van der Waals surface area contributed by atoms with E-state index < -0.39 is 34.6 Å². The van der Waals surface area contributed by atoms with Crippen molar-refractivity contribution < 1.29 is 27.1 Å². The van der Waals surface area contributed by atoms with Crippen LogP contribution in [0.3, 0.4) is 0 Å². The van der Waals surface area contributed by atoms with Crippen molar-refractivity contribution in [1.29, 1.82) is 0 Å². The van der Waals surface area contributed by atoms with Crippen LogP contribution < -0.4 is 20.7 Å². The largest absolute Gasteiger partial charge is 0.435 e. The van der Waals surface area contributed by atoms with Gasteiger partial charge in [0.05, 0.1) is 22.3 Å². The van der Waals surface area contributed by atoms with Crippen LogP contribution in [0.2, 0.25) is 5.02 Å². The highest BCUT2D eigenvalue weighted by Crippen LogP contribution is 2.41. The molecule has 0 saturated carbocycles. The minimum atomic E-state index is -4.76. The number of nitrogens with two attached hydrogens (primary N) is 1. The topological polar surface area (TPSA) is 158 Å². The smallest absolute Gasteiger partial charge is 0.381 e. The number of halogens is 4. The number of rotatable bonds is 4. The Morgan fingerprint density at radius 3 is 2.82 bits per heavy atom. The summed E-state index contributed by atoms with van der Waals surface area (Å²) in [7, 11) is -3.07. The molecule has 1 amide bonds. The predicted molar refractivity (Wildman–Crippen MR) is 136 cm³/mol. The number of anilines is 2. The maximum absolute atomic E-state index is 13.7. The number of fused-ring (bicyclic) bond motifs is 2. The quantitative estimate of drug-likeness (QED) is 0.247. The van der Waals surface area contributed by atoms with Crippen LogP contribution >= 0.6 is 22.4 Å². The van der Waals surface area contributed by atoms with Gasteiger partial charge in [0.25, 0.3) is 5.91 Å². The summed E-state index contributed by atoms with van der Waals surface area (Å²) in [5, 5.41) is 6.67. The van der Waals surface area contributed by atoms with Gasteiger partial charge in [-0.25, -0.2) is 19.2 Å². The van der Waals surface area contributed by atoms with Gasteiger partial charge in [-0.2, -0.15) is 13.2 Å². The molecule has 0 bridgehead atoms. The van der Waals surface area contributed by atoms with Crippen molar-refractivity contribution in [3.63, 3.8) is 0 Å². The van der Waals surface area contributed by atoms with Gasteiger partial charge in [-0.05, 0) is 19.1 Å². The average molecular weight is 574 g/mol. The second-order valence-electron chi connectivity index (χ2n) is 8.68. The summed E-state index contributed by atoms with van der Waals surface area (Å²) in [6.45, 7) is 2.12. The standard InChI is InChI=1S/C21H23ClF3N9O3S/c1-11(30-19(35)14-17(26)31-34-5-2-3-27-18(14)34)12-9-13(22)15-16(21(23,24)25)28-10-33(15)20(12)32-6-4-29-38(36,37)8-7-32/h2-3,5,9-11,29,36-37H,4,6-8H2,1H3,(H2,26,31)(H,30,35). The number of alkyl halides is 3. The van der Waals surface area contributed by atoms with E-state index in [0.29, 0.717) is 5.56 Å². The summed E-state index contributed by atoms with van der Waals surface area (Å²) in [4.78, 5) is 22.7. The minimum Gasteiger partial charge on any atom is -0.381 e. The van der Waals surface area contributed by atoms with Crippen LogP contribution in [0.15, 0.2) is 30.9 Å². The van der Waals surface area contributed by atoms with Crippen molar-refractivity contribution in [3.8, 4) is 0 Å². The van der Waals surface area contributed by atoms with E-state index in [4.69, 9.17) is 17.3 Å². The number of nitrogen functional groups attached to an aromatic ring is 1. The molecule has 12 nitrogen and oxygen atoms in total. The van der Waals surface area contributed by atoms with Crippen molar-refractivity contribution in [1.82, 2.24) is 34.0 Å². The third kappa shape index (κ3) is 4.69. The molecule has 5 rings (SSSR count). The first-order valence-corrected chi connectivity index (χ1v) is 13.4. The SMILES string of the molecule is CC(NC(=O)c1c(N)nn2cccnc12)c1cc(Cl)c2c(C(F)(F)F)ncn2c1N1CCNS(O)(O)CC1. The van der Waals surface area contributed by atoms with E-state index in [1.165, 1.54) is 21.2 Å². The molecule has 1 fully saturated rings. The van der Waals surface area contributed by atoms with E-state index in [2.05, 4.69) is 25.1 Å². The Labute approximate surface area is 220 Å². The van der Waals surface area contributed by atoms with Gasteiger partial charge >= 0.3 is 6.18 Å². The van der Waals surface area contributed by atoms with Crippen LogP contribution in [-0.4, -0.2) is 64.4 Å². The van der Waals surface area contributed by atoms with E-state index >= 15 is 0 Å². The van der Waals surface area contributed by atoms with Crippen molar-refractivity contribution >= 4 is 51.1 Å². The highest BCUT2D eigenvalue weighted by molar-refractivity contribution is 8.22. The number of imidazole rings is 1. The zero-order chi connectivity index (χ0) is 27.4. The second-order valence-corrected chi connectivity index (χ2v) is 11.1. The fourth-order valence-electron chi connectivity index (χ4n) is 4.45. The van der Waals surface area contributed by atoms with E-state index in [1.54, 1.807) is 24.1 Å². The number of pyridine rings is 1. The number of nitrogens with one attached hydrogen (secondary N) is 2. The molecular weight excluding hydrogens is 551 g/mol. The lowest BCUT2D eigenvalue weighted by molar-refractivity contribution is -0.139. The normalized spacial score (nSPS) is 17.9. The molecule has 1 saturated heterocycles. The third-order valence-corrected chi connectivity index (χ3v) is 7.86. The number of amides is 1. The van der Waals surface area contributed by atoms with Gasteiger partial charge in [-0.15, -0.1) is 15.9 Å². The van der Waals surface area contributed by atoms with Gasteiger partial charge < -0.3 is 16.0 Å².